The minimum atomic E-state index is -0.194. The number of nitrogens with one attached hydrogen (secondary N) is 1. The molecular weight excluding hydrogens is 100 g/mol. The van der Waals surface area contributed by atoms with Crippen molar-refractivity contribution >= 4 is 5.71 Å². The Labute approximate surface area is 49.6 Å². The molecule has 0 saturated heterocycles. The van der Waals surface area contributed by atoms with Gasteiger partial charge in [-0.05, 0) is 13.3 Å². The molecule has 0 aromatic carbocycles. The Morgan fingerprint density at radius 1 is 1.88 bits per heavy atom. The normalized spacial score (nSPS) is 12.1. The smallest absolute Gasteiger partial charge is 0.0810 e. The molecule has 2 heteroatoms. The van der Waals surface area contributed by atoms with E-state index in [1.807, 2.05) is 13.0 Å². The molecule has 0 rings (SSSR count). The van der Waals surface area contributed by atoms with Gasteiger partial charge in [-0.15, -0.1) is 0 Å². The molecule has 0 aliphatic heterocycles. The van der Waals surface area contributed by atoms with Crippen LogP contribution in [-0.2, 0) is 0 Å². The summed E-state index contributed by atoms with van der Waals surface area (Å²) in [5.74, 6) is -0.194. The molecule has 0 heterocycles. The summed E-state index contributed by atoms with van der Waals surface area (Å²) in [6.07, 6.45) is 0.689. The second-order valence-corrected chi connectivity index (χ2v) is 1.73. The molecule has 8 heavy (non-hydrogen) atoms. The standard InChI is InChI=1S/C6H10N2/c1-3-6(8)5(2)4-7/h5,8H,3H2,1-2H3. The molecular formula is C6H10N2. The Bertz CT molecular complexity index is 121. The van der Waals surface area contributed by atoms with E-state index in [1.165, 1.54) is 0 Å². The number of rotatable bonds is 2. The predicted molar refractivity (Wildman–Crippen MR) is 32.8 cm³/mol. The van der Waals surface area contributed by atoms with E-state index in [4.69, 9.17) is 10.7 Å². The van der Waals surface area contributed by atoms with Crippen LogP contribution in [0, 0.1) is 22.7 Å². The van der Waals surface area contributed by atoms with Crippen molar-refractivity contribution < 1.29 is 0 Å². The summed E-state index contributed by atoms with van der Waals surface area (Å²) in [5, 5.41) is 15.4. The zero-order valence-corrected chi connectivity index (χ0v) is 5.23. The van der Waals surface area contributed by atoms with Crippen molar-refractivity contribution in [1.29, 1.82) is 10.7 Å². The number of hydrogen-bond acceptors (Lipinski definition) is 2. The molecule has 44 valence electrons. The van der Waals surface area contributed by atoms with Crippen molar-refractivity contribution in [3.8, 4) is 6.07 Å². The van der Waals surface area contributed by atoms with E-state index in [2.05, 4.69) is 0 Å². The van der Waals surface area contributed by atoms with Gasteiger partial charge in [0.05, 0.1) is 12.0 Å². The highest BCUT2D eigenvalue weighted by Crippen LogP contribution is 1.96. The first-order chi connectivity index (χ1) is 3.72. The van der Waals surface area contributed by atoms with Crippen LogP contribution in [0.1, 0.15) is 20.3 Å². The van der Waals surface area contributed by atoms with Gasteiger partial charge in [0.2, 0.25) is 0 Å². The van der Waals surface area contributed by atoms with Crippen LogP contribution in [-0.4, -0.2) is 5.71 Å². The van der Waals surface area contributed by atoms with E-state index in [0.717, 1.165) is 0 Å². The Kier molecular flexibility index (Phi) is 2.86. The summed E-state index contributed by atoms with van der Waals surface area (Å²) in [6.45, 7) is 3.63. The Hall–Kier alpha value is -0.840. The van der Waals surface area contributed by atoms with E-state index in [9.17, 15) is 0 Å². The van der Waals surface area contributed by atoms with Gasteiger partial charge in [-0.3, -0.25) is 0 Å². The molecule has 1 N–H and O–H groups in total. The van der Waals surface area contributed by atoms with Gasteiger partial charge in [-0.1, -0.05) is 6.92 Å². The topological polar surface area (TPSA) is 47.6 Å². The van der Waals surface area contributed by atoms with Crippen LogP contribution in [0.15, 0.2) is 0 Å². The number of nitrogens with zero attached hydrogens (tertiary/aromatic N) is 1. The maximum atomic E-state index is 8.25. The molecule has 0 aliphatic rings. The van der Waals surface area contributed by atoms with Gasteiger partial charge in [0.15, 0.2) is 0 Å². The van der Waals surface area contributed by atoms with Gasteiger partial charge in [0.1, 0.15) is 0 Å². The molecule has 0 saturated carbocycles. The highest BCUT2D eigenvalue weighted by Gasteiger charge is 2.02. The Morgan fingerprint density at radius 2 is 2.38 bits per heavy atom. The van der Waals surface area contributed by atoms with E-state index in [0.29, 0.717) is 12.1 Å². The quantitative estimate of drug-likeness (QED) is 0.539. The van der Waals surface area contributed by atoms with Crippen LogP contribution in [0.4, 0.5) is 0 Å². The minimum absolute atomic E-state index is 0.194. The first-order valence-electron chi connectivity index (χ1n) is 2.69. The van der Waals surface area contributed by atoms with E-state index in [1.54, 1.807) is 6.92 Å². The lowest BCUT2D eigenvalue weighted by Crippen LogP contribution is -2.04. The summed E-state index contributed by atoms with van der Waals surface area (Å²) >= 11 is 0. The second kappa shape index (κ2) is 3.20. The van der Waals surface area contributed by atoms with Crippen LogP contribution in [0.2, 0.25) is 0 Å². The molecule has 0 aromatic heterocycles. The minimum Gasteiger partial charge on any atom is -0.308 e. The SMILES string of the molecule is CCC(=N)C(C)C#N. The van der Waals surface area contributed by atoms with Gasteiger partial charge in [0, 0.05) is 5.71 Å². The van der Waals surface area contributed by atoms with Crippen molar-refractivity contribution in [2.75, 3.05) is 0 Å². The summed E-state index contributed by atoms with van der Waals surface area (Å²) in [5.41, 5.74) is 0.521. The third kappa shape index (κ3) is 1.74. The molecule has 0 spiro atoms. The lowest BCUT2D eigenvalue weighted by Gasteiger charge is -1.97. The van der Waals surface area contributed by atoms with Gasteiger partial charge < -0.3 is 5.41 Å². The lowest BCUT2D eigenvalue weighted by atomic mass is 10.1. The van der Waals surface area contributed by atoms with Crippen LogP contribution in [0.5, 0.6) is 0 Å². The maximum absolute atomic E-state index is 8.25. The zero-order valence-electron chi connectivity index (χ0n) is 5.23. The molecule has 0 fully saturated rings. The first-order valence-corrected chi connectivity index (χ1v) is 2.69. The molecule has 2 nitrogen and oxygen atoms in total. The molecule has 0 amide bonds. The number of hydrogen-bond donors (Lipinski definition) is 1. The predicted octanol–water partition coefficient (Wildman–Crippen LogP) is 1.58. The van der Waals surface area contributed by atoms with E-state index >= 15 is 0 Å². The monoisotopic (exact) mass is 110 g/mol. The Balaban J connectivity index is 3.68. The van der Waals surface area contributed by atoms with Crippen LogP contribution in [0.25, 0.3) is 0 Å². The summed E-state index contributed by atoms with van der Waals surface area (Å²) in [4.78, 5) is 0. The summed E-state index contributed by atoms with van der Waals surface area (Å²) < 4.78 is 0. The average molecular weight is 110 g/mol. The summed E-state index contributed by atoms with van der Waals surface area (Å²) in [6, 6.07) is 1.99. The fraction of sp³-hybridized carbons (Fsp3) is 0.667. The third-order valence-corrected chi connectivity index (χ3v) is 1.10. The highest BCUT2D eigenvalue weighted by atomic mass is 14.4. The molecule has 0 aromatic rings. The Morgan fingerprint density at radius 3 is 2.50 bits per heavy atom. The van der Waals surface area contributed by atoms with Crippen molar-refractivity contribution in [2.24, 2.45) is 5.92 Å². The van der Waals surface area contributed by atoms with E-state index < -0.39 is 0 Å². The lowest BCUT2D eigenvalue weighted by molar-refractivity contribution is 0.956. The molecule has 1 unspecified atom stereocenters. The van der Waals surface area contributed by atoms with Crippen molar-refractivity contribution in [3.63, 3.8) is 0 Å². The second-order valence-electron chi connectivity index (χ2n) is 1.73. The van der Waals surface area contributed by atoms with Crippen molar-refractivity contribution in [3.05, 3.63) is 0 Å². The van der Waals surface area contributed by atoms with E-state index in [-0.39, 0.29) is 5.92 Å². The number of nitriles is 1. The maximum Gasteiger partial charge on any atom is 0.0810 e. The van der Waals surface area contributed by atoms with Gasteiger partial charge >= 0.3 is 0 Å². The first kappa shape index (κ1) is 7.16. The fourth-order valence-corrected chi connectivity index (χ4v) is 0.384. The van der Waals surface area contributed by atoms with Crippen LogP contribution in [0.3, 0.4) is 0 Å². The molecule has 1 atom stereocenters. The molecule has 0 bridgehead atoms. The van der Waals surface area contributed by atoms with Gasteiger partial charge in [0.25, 0.3) is 0 Å². The largest absolute Gasteiger partial charge is 0.308 e. The fourth-order valence-electron chi connectivity index (χ4n) is 0.384. The highest BCUT2D eigenvalue weighted by molar-refractivity contribution is 5.85. The van der Waals surface area contributed by atoms with Gasteiger partial charge in [-0.25, -0.2) is 0 Å². The third-order valence-electron chi connectivity index (χ3n) is 1.10. The van der Waals surface area contributed by atoms with Crippen LogP contribution >= 0.6 is 0 Å². The molecule has 0 aliphatic carbocycles. The molecule has 0 radical (unpaired) electrons. The van der Waals surface area contributed by atoms with Gasteiger partial charge in [-0.2, -0.15) is 5.26 Å². The zero-order chi connectivity index (χ0) is 6.57. The van der Waals surface area contributed by atoms with Crippen LogP contribution < -0.4 is 0 Å². The van der Waals surface area contributed by atoms with Crippen molar-refractivity contribution in [2.45, 2.75) is 20.3 Å². The average Bonchev–Trinajstić information content (AvgIpc) is 1.84. The summed E-state index contributed by atoms with van der Waals surface area (Å²) in [7, 11) is 0. The van der Waals surface area contributed by atoms with Crippen molar-refractivity contribution in [1.82, 2.24) is 0 Å².